The summed E-state index contributed by atoms with van der Waals surface area (Å²) in [7, 11) is 2.89. The minimum absolute atomic E-state index is 0.0953. The Labute approximate surface area is 179 Å². The van der Waals surface area contributed by atoms with Crippen molar-refractivity contribution in [3.63, 3.8) is 0 Å². The van der Waals surface area contributed by atoms with E-state index in [1.807, 2.05) is 4.90 Å². The lowest BCUT2D eigenvalue weighted by atomic mass is 10.1. The third-order valence-electron chi connectivity index (χ3n) is 4.99. The highest BCUT2D eigenvalue weighted by molar-refractivity contribution is 5.90. The highest BCUT2D eigenvalue weighted by atomic mass is 16.6. The van der Waals surface area contributed by atoms with E-state index in [9.17, 15) is 14.4 Å². The molecule has 1 saturated heterocycles. The van der Waals surface area contributed by atoms with Crippen LogP contribution in [0.15, 0.2) is 23.0 Å². The summed E-state index contributed by atoms with van der Waals surface area (Å²) in [5.74, 6) is -0.386. The predicted molar refractivity (Wildman–Crippen MR) is 114 cm³/mol. The average Bonchev–Trinajstić information content (AvgIpc) is 2.73. The van der Waals surface area contributed by atoms with Gasteiger partial charge in [0, 0.05) is 32.7 Å². The molecule has 0 unspecified atom stereocenters. The van der Waals surface area contributed by atoms with Crippen molar-refractivity contribution >= 4 is 34.6 Å². The van der Waals surface area contributed by atoms with Gasteiger partial charge in [0.15, 0.2) is 6.04 Å². The molecule has 0 radical (unpaired) electrons. The molecule has 1 aliphatic heterocycles. The van der Waals surface area contributed by atoms with Gasteiger partial charge in [-0.05, 0) is 32.9 Å². The van der Waals surface area contributed by atoms with Crippen LogP contribution in [0.5, 0.6) is 0 Å². The number of fused-ring (bicyclic) bond motifs is 1. The van der Waals surface area contributed by atoms with E-state index in [0.29, 0.717) is 23.3 Å². The molecule has 2 aromatic heterocycles. The topological polar surface area (TPSA) is 98.3 Å². The van der Waals surface area contributed by atoms with E-state index in [1.54, 1.807) is 40.0 Å². The quantitative estimate of drug-likeness (QED) is 0.535. The molecule has 1 aliphatic rings. The fourth-order valence-corrected chi connectivity index (χ4v) is 3.48. The number of hydrogen-bond acceptors (Lipinski definition) is 7. The Hall–Kier alpha value is -3.61. The lowest BCUT2D eigenvalue weighted by molar-refractivity contribution is -0.147. The fourth-order valence-electron chi connectivity index (χ4n) is 3.48. The zero-order valence-electron chi connectivity index (χ0n) is 18.2. The van der Waals surface area contributed by atoms with Crippen molar-refractivity contribution < 1.29 is 19.1 Å². The number of ether oxygens (including phenoxy) is 2. The lowest BCUT2D eigenvalue weighted by Gasteiger charge is -2.40. The van der Waals surface area contributed by atoms with E-state index in [0.717, 1.165) is 0 Å². The van der Waals surface area contributed by atoms with Crippen molar-refractivity contribution in [2.45, 2.75) is 32.4 Å². The summed E-state index contributed by atoms with van der Waals surface area (Å²) >= 11 is 0. The van der Waals surface area contributed by atoms with Gasteiger partial charge in [-0.3, -0.25) is 9.69 Å². The zero-order chi connectivity index (χ0) is 22.9. The summed E-state index contributed by atoms with van der Waals surface area (Å²) in [6.45, 7) is 13.1. The average molecular weight is 427 g/mol. The first-order valence-corrected chi connectivity index (χ1v) is 9.76. The number of carbonyl (C=O) groups excluding carboxylic acids is 2. The van der Waals surface area contributed by atoms with Crippen LogP contribution in [0, 0.1) is 6.57 Å². The summed E-state index contributed by atoms with van der Waals surface area (Å²) in [4.78, 5) is 48.6. The first kappa shape index (κ1) is 22.1. The molecule has 1 atom stereocenters. The van der Waals surface area contributed by atoms with Gasteiger partial charge in [0.25, 0.3) is 11.4 Å². The summed E-state index contributed by atoms with van der Waals surface area (Å²) in [5, 5.41) is 0. The van der Waals surface area contributed by atoms with E-state index in [4.69, 9.17) is 16.0 Å². The van der Waals surface area contributed by atoms with Crippen LogP contribution >= 0.6 is 0 Å². The highest BCUT2D eigenvalue weighted by Crippen LogP contribution is 2.28. The molecular weight excluding hydrogens is 402 g/mol. The minimum Gasteiger partial charge on any atom is -0.467 e. The van der Waals surface area contributed by atoms with Gasteiger partial charge in [-0.1, -0.05) is 6.57 Å². The molecule has 0 saturated carbocycles. The highest BCUT2D eigenvalue weighted by Gasteiger charge is 2.39. The summed E-state index contributed by atoms with van der Waals surface area (Å²) in [6, 6.07) is 3.74. The number of pyridine rings is 2. The van der Waals surface area contributed by atoms with Crippen LogP contribution in [-0.4, -0.2) is 64.9 Å². The van der Waals surface area contributed by atoms with Gasteiger partial charge in [-0.25, -0.2) is 9.59 Å². The number of methoxy groups -OCH3 is 1. The number of carbonyl (C=O) groups is 2. The Balaban J connectivity index is 2.02. The number of esters is 1. The number of amides is 1. The van der Waals surface area contributed by atoms with Crippen molar-refractivity contribution in [1.29, 1.82) is 0 Å². The van der Waals surface area contributed by atoms with E-state index < -0.39 is 23.7 Å². The van der Waals surface area contributed by atoms with E-state index >= 15 is 0 Å². The largest absolute Gasteiger partial charge is 0.467 e. The maximum absolute atomic E-state index is 12.7. The van der Waals surface area contributed by atoms with Crippen LogP contribution in [0.25, 0.3) is 15.9 Å². The van der Waals surface area contributed by atoms with Crippen molar-refractivity contribution in [3.05, 3.63) is 40.0 Å². The molecule has 10 heteroatoms. The number of anilines is 1. The van der Waals surface area contributed by atoms with E-state index in [2.05, 4.69) is 9.83 Å². The smallest absolute Gasteiger partial charge is 0.411 e. The molecule has 0 aliphatic carbocycles. The van der Waals surface area contributed by atoms with Gasteiger partial charge in [0.1, 0.15) is 5.60 Å². The van der Waals surface area contributed by atoms with Crippen LogP contribution in [0.4, 0.5) is 16.3 Å². The Bertz CT molecular complexity index is 1130. The van der Waals surface area contributed by atoms with Gasteiger partial charge in [-0.2, -0.15) is 0 Å². The molecule has 0 bridgehead atoms. The summed E-state index contributed by atoms with van der Waals surface area (Å²) < 4.78 is 11.8. The van der Waals surface area contributed by atoms with Crippen LogP contribution in [0.1, 0.15) is 20.8 Å². The molecule has 0 spiro atoms. The molecule has 31 heavy (non-hydrogen) atoms. The second-order valence-electron chi connectivity index (χ2n) is 8.23. The second-order valence-corrected chi connectivity index (χ2v) is 8.23. The fraction of sp³-hybridized carbons (Fsp3) is 0.476. The lowest BCUT2D eigenvalue weighted by Crippen LogP contribution is -2.59. The SMILES string of the molecule is [C-]#[N+]c1ccc2c(n1)c(N1CCN(C(=O)OC(C)(C)C)[C@H](C(=O)OC)C1)cc(=O)n2C. The maximum atomic E-state index is 12.7. The normalized spacial score (nSPS) is 16.7. The minimum atomic E-state index is -0.920. The third-order valence-corrected chi connectivity index (χ3v) is 4.99. The first-order valence-electron chi connectivity index (χ1n) is 9.76. The van der Waals surface area contributed by atoms with Crippen molar-refractivity contribution in [3.8, 4) is 0 Å². The Morgan fingerprint density at radius 1 is 1.26 bits per heavy atom. The first-order chi connectivity index (χ1) is 14.6. The number of hydrogen-bond donors (Lipinski definition) is 0. The van der Waals surface area contributed by atoms with Gasteiger partial charge in [0.2, 0.25) is 5.52 Å². The van der Waals surface area contributed by atoms with Crippen molar-refractivity contribution in [1.82, 2.24) is 14.5 Å². The molecule has 2 aromatic rings. The zero-order valence-corrected chi connectivity index (χ0v) is 18.2. The van der Waals surface area contributed by atoms with Crippen molar-refractivity contribution in [2.24, 2.45) is 7.05 Å². The monoisotopic (exact) mass is 427 g/mol. The number of nitrogens with zero attached hydrogens (tertiary/aromatic N) is 5. The van der Waals surface area contributed by atoms with Crippen LogP contribution in [0.3, 0.4) is 0 Å². The summed E-state index contributed by atoms with van der Waals surface area (Å²) in [6.07, 6.45) is -0.607. The molecule has 1 amide bonds. The van der Waals surface area contributed by atoms with Crippen LogP contribution < -0.4 is 10.5 Å². The number of aromatic nitrogens is 2. The Morgan fingerprint density at radius 2 is 1.97 bits per heavy atom. The number of piperazine rings is 1. The predicted octanol–water partition coefficient (Wildman–Crippen LogP) is 2.08. The van der Waals surface area contributed by atoms with Gasteiger partial charge in [-0.15, -0.1) is 4.98 Å². The maximum Gasteiger partial charge on any atom is 0.411 e. The molecule has 3 heterocycles. The van der Waals surface area contributed by atoms with Gasteiger partial charge >= 0.3 is 12.1 Å². The molecular formula is C21H25N5O5. The Kier molecular flexibility index (Phi) is 5.88. The number of aryl methyl sites for hydroxylation is 1. The van der Waals surface area contributed by atoms with E-state index in [1.165, 1.54) is 22.6 Å². The molecule has 1 fully saturated rings. The van der Waals surface area contributed by atoms with Gasteiger partial charge < -0.3 is 23.8 Å². The van der Waals surface area contributed by atoms with E-state index in [-0.39, 0.29) is 24.5 Å². The van der Waals surface area contributed by atoms with Crippen LogP contribution in [0.2, 0.25) is 0 Å². The Morgan fingerprint density at radius 3 is 2.58 bits per heavy atom. The third kappa shape index (κ3) is 4.45. The standard InChI is InChI=1S/C21H25N5O5/c1-21(2,3)31-20(29)26-10-9-25(12-15(26)19(28)30-6)14-11-17(27)24(5)13-7-8-16(22-4)23-18(13)14/h7-8,11,15H,9-10,12H2,1-3,5-6H3/t15-/m0/s1. The van der Waals surface area contributed by atoms with Crippen LogP contribution in [-0.2, 0) is 21.3 Å². The van der Waals surface area contributed by atoms with Gasteiger partial charge in [0.05, 0.1) is 18.3 Å². The second kappa shape index (κ2) is 8.26. The molecule has 164 valence electrons. The molecule has 10 nitrogen and oxygen atoms in total. The molecule has 0 N–H and O–H groups in total. The summed E-state index contributed by atoms with van der Waals surface area (Å²) in [5.41, 5.74) is 0.589. The number of rotatable bonds is 2. The van der Waals surface area contributed by atoms with Crippen molar-refractivity contribution in [2.75, 3.05) is 31.6 Å². The molecule has 0 aromatic carbocycles. The molecule has 3 rings (SSSR count).